The summed E-state index contributed by atoms with van der Waals surface area (Å²) < 4.78 is 0. The van der Waals surface area contributed by atoms with Gasteiger partial charge in [0.25, 0.3) is 0 Å². The third kappa shape index (κ3) is 10.3. The fourth-order valence-electron chi connectivity index (χ4n) is 6.67. The number of aryl methyl sites for hydroxylation is 4. The summed E-state index contributed by atoms with van der Waals surface area (Å²) >= 11 is 0. The molecule has 0 aliphatic carbocycles. The molecule has 0 N–H and O–H groups in total. The average Bonchev–Trinajstić information content (AvgIpc) is 3.11. The molecule has 0 aromatic heterocycles. The van der Waals surface area contributed by atoms with Gasteiger partial charge >= 0.3 is 0 Å². The monoisotopic (exact) mass is 670 g/mol. The lowest BCUT2D eigenvalue weighted by Crippen LogP contribution is -2.48. The molecule has 0 spiro atoms. The topological polar surface area (TPSA) is 47.1 Å². The number of allylic oxidation sites excluding steroid dienone is 4. The molecule has 0 atom stereocenters. The lowest BCUT2D eigenvalue weighted by Gasteiger charge is -2.34. The van der Waals surface area contributed by atoms with Crippen LogP contribution < -0.4 is 0 Å². The van der Waals surface area contributed by atoms with E-state index in [9.17, 15) is 9.59 Å². The fourth-order valence-corrected chi connectivity index (χ4v) is 6.67. The van der Waals surface area contributed by atoms with Crippen LogP contribution in [0.25, 0.3) is 12.2 Å². The normalized spacial score (nSPS) is 16.5. The van der Waals surface area contributed by atoms with Crippen LogP contribution in [0.4, 0.5) is 0 Å². The summed E-state index contributed by atoms with van der Waals surface area (Å²) in [6.45, 7) is 21.1. The van der Waals surface area contributed by atoms with Gasteiger partial charge in [-0.1, -0.05) is 85.0 Å². The van der Waals surface area contributed by atoms with Crippen molar-refractivity contribution in [2.75, 3.05) is 52.4 Å². The van der Waals surface area contributed by atoms with Crippen LogP contribution in [0, 0.1) is 41.5 Å². The Bertz CT molecular complexity index is 1590. The van der Waals surface area contributed by atoms with E-state index in [0.717, 1.165) is 76.6 Å². The Labute approximate surface area is 300 Å². The van der Waals surface area contributed by atoms with E-state index in [2.05, 4.69) is 112 Å². The highest BCUT2D eigenvalue weighted by atomic mass is 16.2. The van der Waals surface area contributed by atoms with Gasteiger partial charge in [-0.2, -0.15) is 0 Å². The molecule has 2 heterocycles. The van der Waals surface area contributed by atoms with Gasteiger partial charge in [-0.25, -0.2) is 0 Å². The molecule has 2 amide bonds. The number of rotatable bonds is 10. The molecule has 0 radical (unpaired) electrons. The zero-order valence-electron chi connectivity index (χ0n) is 30.9. The van der Waals surface area contributed by atoms with Crippen molar-refractivity contribution < 1.29 is 9.59 Å². The second-order valence-electron chi connectivity index (χ2n) is 14.0. The number of piperazine rings is 2. The number of nitrogens with zero attached hydrogens (tertiary/aromatic N) is 4. The van der Waals surface area contributed by atoms with E-state index in [4.69, 9.17) is 0 Å². The van der Waals surface area contributed by atoms with Crippen molar-refractivity contribution in [3.63, 3.8) is 0 Å². The summed E-state index contributed by atoms with van der Waals surface area (Å²) in [7, 11) is 0. The molecule has 3 aromatic carbocycles. The van der Waals surface area contributed by atoms with Gasteiger partial charge in [0.2, 0.25) is 11.8 Å². The summed E-state index contributed by atoms with van der Waals surface area (Å²) in [5.74, 6) is 0.153. The molecular formula is C44H54N4O2. The Morgan fingerprint density at radius 2 is 0.820 bits per heavy atom. The minimum atomic E-state index is 0.0766. The van der Waals surface area contributed by atoms with Crippen LogP contribution >= 0.6 is 0 Å². The number of carbonyl (C=O) groups is 2. The van der Waals surface area contributed by atoms with Crippen LogP contribution in [-0.4, -0.2) is 83.8 Å². The van der Waals surface area contributed by atoms with Gasteiger partial charge in [-0.3, -0.25) is 19.4 Å². The first-order chi connectivity index (χ1) is 24.0. The summed E-state index contributed by atoms with van der Waals surface area (Å²) in [6.07, 6.45) is 15.1. The minimum absolute atomic E-state index is 0.0766. The number of benzene rings is 3. The van der Waals surface area contributed by atoms with Crippen molar-refractivity contribution >= 4 is 24.0 Å². The van der Waals surface area contributed by atoms with Crippen molar-refractivity contribution in [3.05, 3.63) is 141 Å². The molecule has 2 aliphatic heterocycles. The van der Waals surface area contributed by atoms with Crippen LogP contribution in [-0.2, 0) is 22.7 Å². The molecular weight excluding hydrogens is 617 g/mol. The van der Waals surface area contributed by atoms with Crippen LogP contribution in [0.2, 0.25) is 0 Å². The van der Waals surface area contributed by atoms with Gasteiger partial charge < -0.3 is 9.80 Å². The highest BCUT2D eigenvalue weighted by Gasteiger charge is 2.21. The second kappa shape index (κ2) is 17.4. The third-order valence-electron chi connectivity index (χ3n) is 10.4. The smallest absolute Gasteiger partial charge is 0.246 e. The van der Waals surface area contributed by atoms with E-state index in [0.29, 0.717) is 0 Å². The molecule has 0 unspecified atom stereocenters. The zero-order chi connectivity index (χ0) is 35.6. The molecule has 6 heteroatoms. The Hall–Kier alpha value is -4.52. The first kappa shape index (κ1) is 36.8. The van der Waals surface area contributed by atoms with Crippen LogP contribution in [0.1, 0.15) is 55.6 Å². The van der Waals surface area contributed by atoms with Crippen molar-refractivity contribution in [2.45, 2.75) is 54.6 Å². The Morgan fingerprint density at radius 1 is 0.500 bits per heavy atom. The van der Waals surface area contributed by atoms with Gasteiger partial charge in [0.15, 0.2) is 0 Å². The van der Waals surface area contributed by atoms with Crippen molar-refractivity contribution in [2.24, 2.45) is 0 Å². The quantitative estimate of drug-likeness (QED) is 0.167. The number of amides is 2. The van der Waals surface area contributed by atoms with Gasteiger partial charge in [-0.05, 0) is 97.2 Å². The van der Waals surface area contributed by atoms with Gasteiger partial charge in [-0.15, -0.1) is 0 Å². The molecule has 0 bridgehead atoms. The third-order valence-corrected chi connectivity index (χ3v) is 10.4. The Morgan fingerprint density at radius 3 is 1.14 bits per heavy atom. The summed E-state index contributed by atoms with van der Waals surface area (Å²) in [5, 5.41) is 0. The standard InChI is InChI=1S/C44H54N4O2/c1-33-27-41(28-34(2)37(33)5)11-7-9-13-43(49)47-23-19-45(20-24-47)31-39-15-17-40(18-16-39)32-46-21-25-48(26-22-46)44(50)14-10-8-12-42-29-35(3)38(6)36(4)30-42/h7-18,27-30H,19-26,31-32H2,1-6H3/b11-7+,12-8+,13-9+,14-10+. The lowest BCUT2D eigenvalue weighted by molar-refractivity contribution is -0.128. The molecule has 3 aromatic rings. The Balaban J connectivity index is 0.991. The maximum absolute atomic E-state index is 12.8. The van der Waals surface area contributed by atoms with E-state index >= 15 is 0 Å². The fraction of sp³-hybridized carbons (Fsp3) is 0.364. The Kier molecular flexibility index (Phi) is 12.8. The minimum Gasteiger partial charge on any atom is -0.337 e. The van der Waals surface area contributed by atoms with E-state index < -0.39 is 0 Å². The number of carbonyl (C=O) groups excluding carboxylic acids is 2. The van der Waals surface area contributed by atoms with E-state index in [1.165, 1.54) is 44.5 Å². The van der Waals surface area contributed by atoms with Crippen LogP contribution in [0.5, 0.6) is 0 Å². The van der Waals surface area contributed by atoms with Crippen molar-refractivity contribution in [1.82, 2.24) is 19.6 Å². The maximum Gasteiger partial charge on any atom is 0.246 e. The zero-order valence-corrected chi connectivity index (χ0v) is 30.9. The second-order valence-corrected chi connectivity index (χ2v) is 14.0. The van der Waals surface area contributed by atoms with E-state index in [1.807, 2.05) is 34.1 Å². The van der Waals surface area contributed by atoms with Gasteiger partial charge in [0.05, 0.1) is 0 Å². The maximum atomic E-state index is 12.8. The molecule has 2 fully saturated rings. The average molecular weight is 671 g/mol. The van der Waals surface area contributed by atoms with Gasteiger partial charge in [0, 0.05) is 77.6 Å². The van der Waals surface area contributed by atoms with Gasteiger partial charge in [0.1, 0.15) is 0 Å². The predicted molar refractivity (Wildman–Crippen MR) is 208 cm³/mol. The van der Waals surface area contributed by atoms with E-state index in [1.54, 1.807) is 12.2 Å². The highest BCUT2D eigenvalue weighted by Crippen LogP contribution is 2.18. The first-order valence-corrected chi connectivity index (χ1v) is 18.0. The summed E-state index contributed by atoms with van der Waals surface area (Å²) in [5.41, 5.74) is 12.7. The SMILES string of the molecule is Cc1cc(/C=C/C=C/C(=O)N2CCN(Cc3ccc(CN4CCN(C(=O)/C=C/C=C/c5cc(C)c(C)c(C)c5)CC4)cc3)CC2)cc(C)c1C. The molecule has 0 saturated carbocycles. The molecule has 5 rings (SSSR count). The van der Waals surface area contributed by atoms with Crippen molar-refractivity contribution in [1.29, 1.82) is 0 Å². The van der Waals surface area contributed by atoms with Crippen LogP contribution in [0.3, 0.4) is 0 Å². The number of hydrogen-bond acceptors (Lipinski definition) is 4. The molecule has 2 aliphatic rings. The molecule has 50 heavy (non-hydrogen) atoms. The summed E-state index contributed by atoms with van der Waals surface area (Å²) in [4.78, 5) is 34.3. The molecule has 6 nitrogen and oxygen atoms in total. The molecule has 2 saturated heterocycles. The highest BCUT2D eigenvalue weighted by molar-refractivity contribution is 5.88. The van der Waals surface area contributed by atoms with Crippen LogP contribution in [0.15, 0.2) is 85.0 Å². The predicted octanol–water partition coefficient (Wildman–Crippen LogP) is 7.36. The van der Waals surface area contributed by atoms with Crippen molar-refractivity contribution in [3.8, 4) is 0 Å². The first-order valence-electron chi connectivity index (χ1n) is 18.0. The number of hydrogen-bond donors (Lipinski definition) is 0. The molecule has 262 valence electrons. The largest absolute Gasteiger partial charge is 0.337 e. The van der Waals surface area contributed by atoms with E-state index in [-0.39, 0.29) is 11.8 Å². The lowest BCUT2D eigenvalue weighted by atomic mass is 10.0. The summed E-state index contributed by atoms with van der Waals surface area (Å²) in [6, 6.07) is 17.7.